The summed E-state index contributed by atoms with van der Waals surface area (Å²) in [4.78, 5) is 11.6. The fraction of sp³-hybridized carbons (Fsp3) is 0.308. The van der Waals surface area contributed by atoms with E-state index in [1.807, 2.05) is 12.1 Å². The van der Waals surface area contributed by atoms with E-state index in [0.717, 1.165) is 5.56 Å². The van der Waals surface area contributed by atoms with Crippen molar-refractivity contribution in [3.05, 3.63) is 46.3 Å². The van der Waals surface area contributed by atoms with Gasteiger partial charge in [-0.25, -0.2) is 0 Å². The summed E-state index contributed by atoms with van der Waals surface area (Å²) >= 11 is 0. The van der Waals surface area contributed by atoms with Gasteiger partial charge in [0, 0.05) is 11.6 Å². The monoisotopic (exact) mass is 202 g/mol. The van der Waals surface area contributed by atoms with Crippen molar-refractivity contribution in [2.45, 2.75) is 26.2 Å². The van der Waals surface area contributed by atoms with Gasteiger partial charge in [0.15, 0.2) is 5.43 Å². The standard InChI is InChI=1S/C13H14O2/c1-13(2,3)10-6-4-5-9-11(14)7-8-15-12(9)10/h4-8H,1-3H3. The minimum absolute atomic E-state index is 0.0161. The Bertz CT molecular complexity index is 544. The molecule has 2 rings (SSSR count). The first kappa shape index (κ1) is 9.97. The molecule has 0 saturated heterocycles. The van der Waals surface area contributed by atoms with Crippen LogP contribution in [0.25, 0.3) is 11.0 Å². The quantitative estimate of drug-likeness (QED) is 0.657. The second-order valence-electron chi connectivity index (χ2n) is 4.72. The Kier molecular flexibility index (Phi) is 2.14. The van der Waals surface area contributed by atoms with Gasteiger partial charge >= 0.3 is 0 Å². The molecule has 0 radical (unpaired) electrons. The van der Waals surface area contributed by atoms with E-state index in [0.29, 0.717) is 11.0 Å². The van der Waals surface area contributed by atoms with Crippen LogP contribution in [0.4, 0.5) is 0 Å². The van der Waals surface area contributed by atoms with Gasteiger partial charge in [-0.2, -0.15) is 0 Å². The molecule has 1 aromatic carbocycles. The van der Waals surface area contributed by atoms with Gasteiger partial charge in [0.05, 0.1) is 11.6 Å². The van der Waals surface area contributed by atoms with Gasteiger partial charge in [-0.3, -0.25) is 4.79 Å². The number of hydrogen-bond donors (Lipinski definition) is 0. The first-order chi connectivity index (χ1) is 7.00. The van der Waals surface area contributed by atoms with Crippen molar-refractivity contribution in [2.24, 2.45) is 0 Å². The fourth-order valence-corrected chi connectivity index (χ4v) is 1.70. The van der Waals surface area contributed by atoms with Crippen molar-refractivity contribution in [2.75, 3.05) is 0 Å². The summed E-state index contributed by atoms with van der Waals surface area (Å²) < 4.78 is 5.45. The summed E-state index contributed by atoms with van der Waals surface area (Å²) in [6.07, 6.45) is 1.46. The van der Waals surface area contributed by atoms with Crippen LogP contribution in [0.5, 0.6) is 0 Å². The third kappa shape index (κ3) is 1.67. The molecule has 0 fully saturated rings. The van der Waals surface area contributed by atoms with E-state index in [4.69, 9.17) is 4.42 Å². The molecule has 0 N–H and O–H groups in total. The maximum absolute atomic E-state index is 11.6. The zero-order chi connectivity index (χ0) is 11.1. The van der Waals surface area contributed by atoms with E-state index in [1.165, 1.54) is 12.3 Å². The van der Waals surface area contributed by atoms with Crippen LogP contribution in [0, 0.1) is 0 Å². The Morgan fingerprint density at radius 2 is 1.87 bits per heavy atom. The SMILES string of the molecule is CC(C)(C)c1cccc2c(=O)ccoc12. The Balaban J connectivity index is 2.89. The molecule has 0 saturated carbocycles. The Labute approximate surface area is 88.5 Å². The molecule has 0 atom stereocenters. The van der Waals surface area contributed by atoms with Gasteiger partial charge in [0.25, 0.3) is 0 Å². The van der Waals surface area contributed by atoms with Crippen molar-refractivity contribution < 1.29 is 4.42 Å². The molecule has 1 aromatic heterocycles. The minimum atomic E-state index is -0.0171. The van der Waals surface area contributed by atoms with Crippen LogP contribution in [0.3, 0.4) is 0 Å². The average Bonchev–Trinajstić information content (AvgIpc) is 2.16. The van der Waals surface area contributed by atoms with E-state index in [9.17, 15) is 4.79 Å². The lowest BCUT2D eigenvalue weighted by molar-refractivity contribution is 0.552. The maximum atomic E-state index is 11.6. The number of hydrogen-bond acceptors (Lipinski definition) is 2. The van der Waals surface area contributed by atoms with Crippen LogP contribution >= 0.6 is 0 Å². The molecule has 0 bridgehead atoms. The van der Waals surface area contributed by atoms with E-state index in [1.54, 1.807) is 6.07 Å². The van der Waals surface area contributed by atoms with E-state index in [-0.39, 0.29) is 10.8 Å². The highest BCUT2D eigenvalue weighted by Gasteiger charge is 2.18. The summed E-state index contributed by atoms with van der Waals surface area (Å²) in [5.41, 5.74) is 1.77. The van der Waals surface area contributed by atoms with Gasteiger partial charge in [-0.05, 0) is 11.5 Å². The average molecular weight is 202 g/mol. The highest BCUT2D eigenvalue weighted by molar-refractivity contribution is 5.80. The van der Waals surface area contributed by atoms with Crippen molar-refractivity contribution in [3.63, 3.8) is 0 Å². The summed E-state index contributed by atoms with van der Waals surface area (Å²) in [7, 11) is 0. The summed E-state index contributed by atoms with van der Waals surface area (Å²) in [6.45, 7) is 6.32. The molecule has 15 heavy (non-hydrogen) atoms. The third-order valence-corrected chi connectivity index (χ3v) is 2.49. The van der Waals surface area contributed by atoms with Crippen molar-refractivity contribution in [1.29, 1.82) is 0 Å². The van der Waals surface area contributed by atoms with E-state index < -0.39 is 0 Å². The molecule has 78 valence electrons. The fourth-order valence-electron chi connectivity index (χ4n) is 1.70. The smallest absolute Gasteiger partial charge is 0.192 e. The van der Waals surface area contributed by atoms with Crippen LogP contribution in [-0.2, 0) is 5.41 Å². The second-order valence-corrected chi connectivity index (χ2v) is 4.72. The summed E-state index contributed by atoms with van der Waals surface area (Å²) in [5.74, 6) is 0. The van der Waals surface area contributed by atoms with Crippen LogP contribution in [0.15, 0.2) is 39.7 Å². The van der Waals surface area contributed by atoms with E-state index in [2.05, 4.69) is 20.8 Å². The minimum Gasteiger partial charge on any atom is -0.464 e. The Morgan fingerprint density at radius 3 is 2.53 bits per heavy atom. The lowest BCUT2D eigenvalue weighted by Gasteiger charge is -2.19. The van der Waals surface area contributed by atoms with Crippen LogP contribution < -0.4 is 5.43 Å². The topological polar surface area (TPSA) is 30.2 Å². The van der Waals surface area contributed by atoms with Crippen molar-refractivity contribution in [1.82, 2.24) is 0 Å². The summed E-state index contributed by atoms with van der Waals surface area (Å²) in [5, 5.41) is 0.657. The summed E-state index contributed by atoms with van der Waals surface area (Å²) in [6, 6.07) is 7.16. The molecule has 2 aromatic rings. The van der Waals surface area contributed by atoms with Crippen molar-refractivity contribution >= 4 is 11.0 Å². The largest absolute Gasteiger partial charge is 0.464 e. The van der Waals surface area contributed by atoms with Gasteiger partial charge in [0.1, 0.15) is 5.58 Å². The van der Waals surface area contributed by atoms with Crippen LogP contribution in [0.1, 0.15) is 26.3 Å². The zero-order valence-electron chi connectivity index (χ0n) is 9.20. The molecular formula is C13H14O2. The predicted octanol–water partition coefficient (Wildman–Crippen LogP) is 3.09. The highest BCUT2D eigenvalue weighted by Crippen LogP contribution is 2.28. The molecule has 0 aliphatic carbocycles. The van der Waals surface area contributed by atoms with Gasteiger partial charge in [-0.1, -0.05) is 32.9 Å². The van der Waals surface area contributed by atoms with Gasteiger partial charge in [0.2, 0.25) is 0 Å². The molecular weight excluding hydrogens is 188 g/mol. The molecule has 2 heteroatoms. The van der Waals surface area contributed by atoms with E-state index >= 15 is 0 Å². The Morgan fingerprint density at radius 1 is 1.13 bits per heavy atom. The van der Waals surface area contributed by atoms with Gasteiger partial charge in [-0.15, -0.1) is 0 Å². The number of para-hydroxylation sites is 1. The second kappa shape index (κ2) is 3.23. The molecule has 0 aliphatic heterocycles. The molecule has 0 amide bonds. The van der Waals surface area contributed by atoms with Crippen LogP contribution in [0.2, 0.25) is 0 Å². The molecule has 0 unspecified atom stereocenters. The molecule has 1 heterocycles. The number of fused-ring (bicyclic) bond motifs is 1. The maximum Gasteiger partial charge on any atom is 0.192 e. The number of rotatable bonds is 0. The first-order valence-electron chi connectivity index (χ1n) is 5.01. The van der Waals surface area contributed by atoms with Crippen molar-refractivity contribution in [3.8, 4) is 0 Å². The first-order valence-corrected chi connectivity index (χ1v) is 5.01. The number of benzene rings is 1. The molecule has 0 spiro atoms. The molecule has 2 nitrogen and oxygen atoms in total. The van der Waals surface area contributed by atoms with Crippen LogP contribution in [-0.4, -0.2) is 0 Å². The lowest BCUT2D eigenvalue weighted by Crippen LogP contribution is -2.12. The third-order valence-electron chi connectivity index (χ3n) is 2.49. The highest BCUT2D eigenvalue weighted by atomic mass is 16.3. The zero-order valence-corrected chi connectivity index (χ0v) is 9.20. The Hall–Kier alpha value is -1.57. The predicted molar refractivity (Wildman–Crippen MR) is 61.2 cm³/mol. The molecule has 0 aliphatic rings. The van der Waals surface area contributed by atoms with Gasteiger partial charge < -0.3 is 4.42 Å². The lowest BCUT2D eigenvalue weighted by atomic mass is 9.86. The normalized spacial score (nSPS) is 11.9.